The van der Waals surface area contributed by atoms with E-state index < -0.39 is 32.1 Å². The van der Waals surface area contributed by atoms with E-state index >= 15 is 0 Å². The van der Waals surface area contributed by atoms with E-state index in [9.17, 15) is 14.2 Å². The van der Waals surface area contributed by atoms with Crippen molar-refractivity contribution >= 4 is 19.4 Å². The van der Waals surface area contributed by atoms with Gasteiger partial charge in [0, 0.05) is 6.42 Å². The zero-order chi connectivity index (χ0) is 12.8. The molecule has 7 nitrogen and oxygen atoms in total. The van der Waals surface area contributed by atoms with Crippen molar-refractivity contribution in [3.8, 4) is 0 Å². The molecular weight excluding hydrogens is 239 g/mol. The fourth-order valence-electron chi connectivity index (χ4n) is 0.890. The number of unbranched alkanes of at least 4 members (excludes halogenated alkanes) is 1. The Balaban J connectivity index is 4.08. The number of phosphoric acid groups is 1. The van der Waals surface area contributed by atoms with Crippen molar-refractivity contribution in [1.29, 1.82) is 0 Å². The van der Waals surface area contributed by atoms with Gasteiger partial charge in [-0.1, -0.05) is 13.3 Å². The van der Waals surface area contributed by atoms with Gasteiger partial charge in [0.25, 0.3) is 0 Å². The molecule has 0 aromatic carbocycles. The summed E-state index contributed by atoms with van der Waals surface area (Å²) in [4.78, 5) is 38.9. The third kappa shape index (κ3) is 6.81. The minimum absolute atomic E-state index is 0.0162. The maximum Gasteiger partial charge on any atom is 0.469 e. The lowest BCUT2D eigenvalue weighted by atomic mass is 10.1. The first kappa shape index (κ1) is 15.4. The van der Waals surface area contributed by atoms with Crippen LogP contribution in [-0.4, -0.2) is 39.2 Å². The number of phosphoric ester groups is 1. The van der Waals surface area contributed by atoms with Crippen LogP contribution in [0.2, 0.25) is 0 Å². The van der Waals surface area contributed by atoms with Crippen molar-refractivity contribution in [3.05, 3.63) is 0 Å². The van der Waals surface area contributed by atoms with Gasteiger partial charge < -0.3 is 14.9 Å². The van der Waals surface area contributed by atoms with E-state index in [1.807, 2.05) is 6.92 Å². The molecule has 0 bridgehead atoms. The lowest BCUT2D eigenvalue weighted by molar-refractivity contribution is -0.142. The molecule has 3 N–H and O–H groups in total. The highest BCUT2D eigenvalue weighted by Gasteiger charge is 2.25. The number of ketones is 2. The molecule has 0 radical (unpaired) electrons. The predicted octanol–water partition coefficient (Wildman–Crippen LogP) is -0.215. The Morgan fingerprint density at radius 3 is 2.38 bits per heavy atom. The van der Waals surface area contributed by atoms with Gasteiger partial charge in [-0.15, -0.1) is 0 Å². The number of carbonyl (C=O) groups excluding carboxylic acids is 2. The van der Waals surface area contributed by atoms with E-state index in [1.54, 1.807) is 0 Å². The Hall–Kier alpha value is -0.590. The van der Waals surface area contributed by atoms with Crippen LogP contribution in [0.1, 0.15) is 26.2 Å². The minimum Gasteiger partial charge on any atom is -0.382 e. The molecule has 0 saturated heterocycles. The molecule has 0 amide bonds. The van der Waals surface area contributed by atoms with Gasteiger partial charge in [0.1, 0.15) is 6.10 Å². The molecule has 0 aromatic heterocycles. The molecule has 0 aromatic rings. The van der Waals surface area contributed by atoms with E-state index in [-0.39, 0.29) is 6.42 Å². The standard InChI is InChI=1S/C8H15O7P/c1-2-3-4-6(9)8(11)7(10)5-15-16(12,13)14/h7,10H,2-5H2,1H3,(H2,12,13,14). The molecular formula is C8H15O7P. The summed E-state index contributed by atoms with van der Waals surface area (Å²) in [5.74, 6) is -1.84. The fraction of sp³-hybridized carbons (Fsp3) is 0.750. The first-order valence-electron chi connectivity index (χ1n) is 4.73. The van der Waals surface area contributed by atoms with E-state index in [2.05, 4.69) is 4.52 Å². The van der Waals surface area contributed by atoms with Crippen LogP contribution in [0.4, 0.5) is 0 Å². The van der Waals surface area contributed by atoms with Crippen molar-refractivity contribution < 1.29 is 33.6 Å². The van der Waals surface area contributed by atoms with Gasteiger partial charge in [-0.25, -0.2) is 4.57 Å². The van der Waals surface area contributed by atoms with Gasteiger partial charge in [-0.2, -0.15) is 0 Å². The summed E-state index contributed by atoms with van der Waals surface area (Å²) in [5, 5.41) is 9.11. The highest BCUT2D eigenvalue weighted by molar-refractivity contribution is 7.46. The molecule has 8 heteroatoms. The quantitative estimate of drug-likeness (QED) is 0.404. The topological polar surface area (TPSA) is 121 Å². The lowest BCUT2D eigenvalue weighted by Gasteiger charge is -2.09. The fourth-order valence-corrected chi connectivity index (χ4v) is 1.23. The zero-order valence-corrected chi connectivity index (χ0v) is 9.72. The minimum atomic E-state index is -4.73. The molecule has 0 fully saturated rings. The highest BCUT2D eigenvalue weighted by Crippen LogP contribution is 2.35. The average molecular weight is 254 g/mol. The molecule has 94 valence electrons. The van der Waals surface area contributed by atoms with Crippen molar-refractivity contribution in [2.75, 3.05) is 6.61 Å². The molecule has 16 heavy (non-hydrogen) atoms. The molecule has 1 atom stereocenters. The first-order valence-corrected chi connectivity index (χ1v) is 6.26. The van der Waals surface area contributed by atoms with Gasteiger partial charge in [0.05, 0.1) is 6.61 Å². The number of rotatable bonds is 8. The largest absolute Gasteiger partial charge is 0.469 e. The van der Waals surface area contributed by atoms with E-state index in [4.69, 9.17) is 14.9 Å². The van der Waals surface area contributed by atoms with Gasteiger partial charge in [-0.05, 0) is 6.42 Å². The number of hydrogen-bond acceptors (Lipinski definition) is 5. The molecule has 1 unspecified atom stereocenters. The van der Waals surface area contributed by atoms with Crippen molar-refractivity contribution in [3.63, 3.8) is 0 Å². The highest BCUT2D eigenvalue weighted by atomic mass is 31.2. The van der Waals surface area contributed by atoms with Crippen LogP contribution < -0.4 is 0 Å². The molecule has 0 aliphatic carbocycles. The third-order valence-electron chi connectivity index (χ3n) is 1.74. The van der Waals surface area contributed by atoms with Crippen molar-refractivity contribution in [1.82, 2.24) is 0 Å². The van der Waals surface area contributed by atoms with Crippen LogP contribution in [0, 0.1) is 0 Å². The van der Waals surface area contributed by atoms with Crippen LogP contribution in [-0.2, 0) is 18.7 Å². The molecule has 0 heterocycles. The maximum atomic E-state index is 11.1. The van der Waals surface area contributed by atoms with Crippen LogP contribution in [0.15, 0.2) is 0 Å². The summed E-state index contributed by atoms with van der Waals surface area (Å²) in [5.41, 5.74) is 0. The van der Waals surface area contributed by atoms with E-state index in [1.165, 1.54) is 0 Å². The van der Waals surface area contributed by atoms with Crippen LogP contribution >= 0.6 is 7.82 Å². The van der Waals surface area contributed by atoms with Crippen molar-refractivity contribution in [2.45, 2.75) is 32.3 Å². The molecule has 0 saturated carbocycles. The molecule has 0 aliphatic heterocycles. The SMILES string of the molecule is CCCCC(=O)C(=O)C(O)COP(=O)(O)O. The molecule has 0 aliphatic rings. The third-order valence-corrected chi connectivity index (χ3v) is 2.22. The van der Waals surface area contributed by atoms with Crippen LogP contribution in [0.25, 0.3) is 0 Å². The van der Waals surface area contributed by atoms with Gasteiger partial charge in [-0.3, -0.25) is 14.1 Å². The predicted molar refractivity (Wildman–Crippen MR) is 53.5 cm³/mol. The maximum absolute atomic E-state index is 11.1. The average Bonchev–Trinajstić information content (AvgIpc) is 2.20. The smallest absolute Gasteiger partial charge is 0.382 e. The zero-order valence-electron chi connectivity index (χ0n) is 8.83. The monoisotopic (exact) mass is 254 g/mol. The summed E-state index contributed by atoms with van der Waals surface area (Å²) in [6, 6.07) is 0. The normalized spacial score (nSPS) is 13.5. The second kappa shape index (κ2) is 6.88. The van der Waals surface area contributed by atoms with E-state index in [0.717, 1.165) is 6.42 Å². The molecule has 0 spiro atoms. The number of aliphatic hydroxyl groups excluding tert-OH is 1. The van der Waals surface area contributed by atoms with Gasteiger partial charge >= 0.3 is 7.82 Å². The first-order chi connectivity index (χ1) is 7.28. The Kier molecular flexibility index (Phi) is 6.62. The van der Waals surface area contributed by atoms with Gasteiger partial charge in [0.2, 0.25) is 11.6 Å². The summed E-state index contributed by atoms with van der Waals surface area (Å²) in [6.07, 6.45) is -0.551. The summed E-state index contributed by atoms with van der Waals surface area (Å²) < 4.78 is 14.2. The Labute approximate surface area is 92.7 Å². The summed E-state index contributed by atoms with van der Waals surface area (Å²) in [7, 11) is -4.73. The number of carbonyl (C=O) groups is 2. The Bertz CT molecular complexity index is 295. The lowest BCUT2D eigenvalue weighted by Crippen LogP contribution is -2.31. The number of hydrogen-bond donors (Lipinski definition) is 3. The summed E-state index contributed by atoms with van der Waals surface area (Å²) >= 11 is 0. The Morgan fingerprint density at radius 2 is 1.94 bits per heavy atom. The Morgan fingerprint density at radius 1 is 1.38 bits per heavy atom. The van der Waals surface area contributed by atoms with E-state index in [0.29, 0.717) is 6.42 Å². The van der Waals surface area contributed by atoms with Crippen LogP contribution in [0.3, 0.4) is 0 Å². The number of aliphatic hydroxyl groups is 1. The summed E-state index contributed by atoms with van der Waals surface area (Å²) in [6.45, 7) is 0.950. The molecule has 0 rings (SSSR count). The van der Waals surface area contributed by atoms with Crippen LogP contribution in [0.5, 0.6) is 0 Å². The second-order valence-corrected chi connectivity index (χ2v) is 4.43. The van der Waals surface area contributed by atoms with Crippen molar-refractivity contribution in [2.24, 2.45) is 0 Å². The number of Topliss-reactive ketones (excluding diaryl/α,β-unsaturated/α-hetero) is 2. The second-order valence-electron chi connectivity index (χ2n) is 3.19. The van der Waals surface area contributed by atoms with Gasteiger partial charge in [0.15, 0.2) is 0 Å².